The fraction of sp³-hybridized carbons (Fsp3) is 1.00. The van der Waals surface area contributed by atoms with Gasteiger partial charge in [-0.05, 0) is 23.7 Å². The molecule has 0 spiro atoms. The Bertz CT molecular complexity index is 160. The predicted octanol–water partition coefficient (Wildman–Crippen LogP) is 1.41. The van der Waals surface area contributed by atoms with Crippen molar-refractivity contribution < 1.29 is 10.2 Å². The molecule has 0 aromatic heterocycles. The summed E-state index contributed by atoms with van der Waals surface area (Å²) in [6, 6.07) is 0. The van der Waals surface area contributed by atoms with E-state index in [2.05, 4.69) is 20.8 Å². The Morgan fingerprint density at radius 3 is 1.75 bits per heavy atom. The van der Waals surface area contributed by atoms with Crippen LogP contribution in [0.1, 0.15) is 34.1 Å². The van der Waals surface area contributed by atoms with Crippen molar-refractivity contribution in [2.24, 2.45) is 17.3 Å². The van der Waals surface area contributed by atoms with Crippen LogP contribution in [0.15, 0.2) is 0 Å². The molecule has 1 saturated carbocycles. The third-order valence-electron chi connectivity index (χ3n) is 3.07. The van der Waals surface area contributed by atoms with Crippen molar-refractivity contribution in [2.45, 2.75) is 46.3 Å². The third kappa shape index (κ3) is 1.64. The minimum absolute atomic E-state index is 0.0936. The zero-order chi connectivity index (χ0) is 9.52. The topological polar surface area (TPSA) is 40.5 Å². The van der Waals surface area contributed by atoms with E-state index < -0.39 is 0 Å². The van der Waals surface area contributed by atoms with E-state index in [9.17, 15) is 10.2 Å². The smallest absolute Gasteiger partial charge is 0.0601 e. The van der Waals surface area contributed by atoms with Gasteiger partial charge in [-0.2, -0.15) is 0 Å². The third-order valence-corrected chi connectivity index (χ3v) is 3.07. The largest absolute Gasteiger partial charge is 0.393 e. The molecule has 0 aromatic carbocycles. The average Bonchev–Trinajstić information content (AvgIpc) is 2.05. The SMILES string of the molecule is CC1C(O)CC(O)C1C(C)(C)C. The standard InChI is InChI=1S/C10H20O2/c1-6-7(11)5-8(12)9(6)10(2,3)4/h6-9,11-12H,5H2,1-4H3. The highest BCUT2D eigenvalue weighted by Gasteiger charge is 2.44. The molecular weight excluding hydrogens is 152 g/mol. The van der Waals surface area contributed by atoms with Gasteiger partial charge in [0, 0.05) is 0 Å². The molecule has 12 heavy (non-hydrogen) atoms. The van der Waals surface area contributed by atoms with Gasteiger partial charge in [-0.3, -0.25) is 0 Å². The lowest BCUT2D eigenvalue weighted by Gasteiger charge is -2.33. The molecule has 4 atom stereocenters. The summed E-state index contributed by atoms with van der Waals surface area (Å²) in [5.74, 6) is 0.451. The zero-order valence-corrected chi connectivity index (χ0v) is 8.41. The number of hydrogen-bond acceptors (Lipinski definition) is 2. The van der Waals surface area contributed by atoms with E-state index in [1.807, 2.05) is 6.92 Å². The second-order valence-corrected chi connectivity index (χ2v) is 5.12. The van der Waals surface area contributed by atoms with Crippen LogP contribution in [-0.4, -0.2) is 22.4 Å². The van der Waals surface area contributed by atoms with Crippen LogP contribution in [0, 0.1) is 17.3 Å². The minimum atomic E-state index is -0.324. The number of rotatable bonds is 0. The second-order valence-electron chi connectivity index (χ2n) is 5.12. The normalized spacial score (nSPS) is 43.5. The Balaban J connectivity index is 2.77. The van der Waals surface area contributed by atoms with Crippen molar-refractivity contribution >= 4 is 0 Å². The molecular formula is C10H20O2. The fourth-order valence-electron chi connectivity index (χ4n) is 2.56. The molecule has 1 aliphatic carbocycles. The molecule has 0 amide bonds. The summed E-state index contributed by atoms with van der Waals surface area (Å²) in [7, 11) is 0. The molecule has 4 unspecified atom stereocenters. The quantitative estimate of drug-likeness (QED) is 0.580. The Kier molecular flexibility index (Phi) is 2.50. The first kappa shape index (κ1) is 10.0. The van der Waals surface area contributed by atoms with Gasteiger partial charge < -0.3 is 10.2 Å². The summed E-state index contributed by atoms with van der Waals surface area (Å²) in [6.07, 6.45) is -0.0949. The van der Waals surface area contributed by atoms with E-state index in [1.165, 1.54) is 0 Å². The van der Waals surface area contributed by atoms with Gasteiger partial charge in [0.05, 0.1) is 12.2 Å². The molecule has 1 rings (SSSR count). The highest BCUT2D eigenvalue weighted by Crippen LogP contribution is 2.43. The monoisotopic (exact) mass is 172 g/mol. The molecule has 0 heterocycles. The van der Waals surface area contributed by atoms with Crippen molar-refractivity contribution in [3.05, 3.63) is 0 Å². The molecule has 0 saturated heterocycles. The molecule has 2 nitrogen and oxygen atoms in total. The van der Waals surface area contributed by atoms with E-state index in [-0.39, 0.29) is 29.5 Å². The van der Waals surface area contributed by atoms with Crippen LogP contribution in [0.4, 0.5) is 0 Å². The summed E-state index contributed by atoms with van der Waals surface area (Å²) in [4.78, 5) is 0. The van der Waals surface area contributed by atoms with E-state index in [0.717, 1.165) is 0 Å². The van der Waals surface area contributed by atoms with Crippen molar-refractivity contribution in [2.75, 3.05) is 0 Å². The predicted molar refractivity (Wildman–Crippen MR) is 48.7 cm³/mol. The maximum absolute atomic E-state index is 9.71. The molecule has 0 radical (unpaired) electrons. The summed E-state index contributed by atoms with van der Waals surface area (Å²) in [5.41, 5.74) is 0.0936. The van der Waals surface area contributed by atoms with Crippen LogP contribution < -0.4 is 0 Å². The van der Waals surface area contributed by atoms with Crippen LogP contribution in [0.5, 0.6) is 0 Å². The molecule has 72 valence electrons. The summed E-state index contributed by atoms with van der Waals surface area (Å²) in [5, 5.41) is 19.2. The van der Waals surface area contributed by atoms with Gasteiger partial charge in [-0.25, -0.2) is 0 Å². The summed E-state index contributed by atoms with van der Waals surface area (Å²) in [6.45, 7) is 8.39. The van der Waals surface area contributed by atoms with Gasteiger partial charge >= 0.3 is 0 Å². The highest BCUT2D eigenvalue weighted by molar-refractivity contribution is 4.94. The first-order chi connectivity index (χ1) is 5.34. The fourth-order valence-corrected chi connectivity index (χ4v) is 2.56. The van der Waals surface area contributed by atoms with Crippen LogP contribution in [0.2, 0.25) is 0 Å². The lowest BCUT2D eigenvalue weighted by Crippen LogP contribution is -2.32. The Morgan fingerprint density at radius 2 is 1.58 bits per heavy atom. The molecule has 0 aromatic rings. The first-order valence-electron chi connectivity index (χ1n) is 4.70. The average molecular weight is 172 g/mol. The maximum Gasteiger partial charge on any atom is 0.0601 e. The molecule has 2 N–H and O–H groups in total. The second kappa shape index (κ2) is 3.00. The van der Waals surface area contributed by atoms with E-state index in [0.29, 0.717) is 6.42 Å². The van der Waals surface area contributed by atoms with Gasteiger partial charge in [-0.1, -0.05) is 27.7 Å². The van der Waals surface area contributed by atoms with Crippen molar-refractivity contribution in [1.29, 1.82) is 0 Å². The van der Waals surface area contributed by atoms with Crippen LogP contribution in [0.25, 0.3) is 0 Å². The number of aliphatic hydroxyl groups is 2. The van der Waals surface area contributed by atoms with Gasteiger partial charge in [0.15, 0.2) is 0 Å². The maximum atomic E-state index is 9.71. The molecule has 1 aliphatic rings. The van der Waals surface area contributed by atoms with Gasteiger partial charge in [0.2, 0.25) is 0 Å². The van der Waals surface area contributed by atoms with Crippen molar-refractivity contribution in [3.63, 3.8) is 0 Å². The van der Waals surface area contributed by atoms with Crippen molar-refractivity contribution in [1.82, 2.24) is 0 Å². The zero-order valence-electron chi connectivity index (χ0n) is 8.41. The van der Waals surface area contributed by atoms with Crippen LogP contribution in [0.3, 0.4) is 0 Å². The Morgan fingerprint density at radius 1 is 1.08 bits per heavy atom. The summed E-state index contributed by atoms with van der Waals surface area (Å²) < 4.78 is 0. The minimum Gasteiger partial charge on any atom is -0.393 e. The molecule has 1 fully saturated rings. The van der Waals surface area contributed by atoms with E-state index >= 15 is 0 Å². The lowest BCUT2D eigenvalue weighted by atomic mass is 9.74. The van der Waals surface area contributed by atoms with Gasteiger partial charge in [0.25, 0.3) is 0 Å². The summed E-state index contributed by atoms with van der Waals surface area (Å²) >= 11 is 0. The highest BCUT2D eigenvalue weighted by atomic mass is 16.3. The molecule has 2 heteroatoms. The Labute approximate surface area is 74.6 Å². The molecule has 0 aliphatic heterocycles. The van der Waals surface area contributed by atoms with Crippen LogP contribution >= 0.6 is 0 Å². The number of aliphatic hydroxyl groups excluding tert-OH is 2. The first-order valence-corrected chi connectivity index (χ1v) is 4.70. The van der Waals surface area contributed by atoms with Crippen molar-refractivity contribution in [3.8, 4) is 0 Å². The molecule has 0 bridgehead atoms. The number of hydrogen-bond donors (Lipinski definition) is 2. The van der Waals surface area contributed by atoms with E-state index in [1.54, 1.807) is 0 Å². The van der Waals surface area contributed by atoms with Gasteiger partial charge in [-0.15, -0.1) is 0 Å². The van der Waals surface area contributed by atoms with Gasteiger partial charge in [0.1, 0.15) is 0 Å². The Hall–Kier alpha value is -0.0800. The lowest BCUT2D eigenvalue weighted by molar-refractivity contribution is 0.0449. The van der Waals surface area contributed by atoms with E-state index in [4.69, 9.17) is 0 Å². The van der Waals surface area contributed by atoms with Crippen LogP contribution in [-0.2, 0) is 0 Å².